The maximum absolute atomic E-state index is 13.9. The first kappa shape index (κ1) is 19.2. The highest BCUT2D eigenvalue weighted by Gasteiger charge is 2.24. The molecule has 27 heavy (non-hydrogen) atoms. The molecule has 1 fully saturated rings. The molecule has 1 aromatic carbocycles. The minimum atomic E-state index is -0.586. The second kappa shape index (κ2) is 8.85. The van der Waals surface area contributed by atoms with E-state index in [1.165, 1.54) is 18.2 Å². The van der Waals surface area contributed by atoms with E-state index in [-0.39, 0.29) is 24.6 Å². The monoisotopic (exact) mass is 375 g/mol. The number of likely N-dealkylation sites (N-methyl/N-ethyl adjacent to an activating group) is 1. The number of benzene rings is 1. The smallest absolute Gasteiger partial charge is 0.236 e. The average Bonchev–Trinajstić information content (AvgIpc) is 2.70. The molecule has 2 heterocycles. The molecule has 0 unspecified atom stereocenters. The standard InChI is InChI=1S/C19H23F2N5O/c1-2-24(13-15-16(20)5-3-6-17(15)21)14-18(27)25-9-11-26(12-10-25)19-22-7-4-8-23-19/h3-8H,2,9-14H2,1H3. The minimum Gasteiger partial charge on any atom is -0.338 e. The fourth-order valence-corrected chi connectivity index (χ4v) is 3.09. The van der Waals surface area contributed by atoms with Crippen molar-refractivity contribution < 1.29 is 13.6 Å². The number of aromatic nitrogens is 2. The van der Waals surface area contributed by atoms with Crippen molar-refractivity contribution in [2.75, 3.05) is 44.2 Å². The van der Waals surface area contributed by atoms with Gasteiger partial charge < -0.3 is 9.80 Å². The Kier molecular flexibility index (Phi) is 6.28. The lowest BCUT2D eigenvalue weighted by Crippen LogP contribution is -2.51. The molecular weight excluding hydrogens is 352 g/mol. The molecule has 0 spiro atoms. The van der Waals surface area contributed by atoms with E-state index in [0.29, 0.717) is 38.7 Å². The van der Waals surface area contributed by atoms with Gasteiger partial charge in [-0.05, 0) is 24.7 Å². The number of carbonyl (C=O) groups is 1. The van der Waals surface area contributed by atoms with Crippen molar-refractivity contribution in [3.05, 3.63) is 53.9 Å². The summed E-state index contributed by atoms with van der Waals surface area (Å²) in [6.45, 7) is 5.05. The third-order valence-electron chi connectivity index (χ3n) is 4.72. The summed E-state index contributed by atoms with van der Waals surface area (Å²) >= 11 is 0. The summed E-state index contributed by atoms with van der Waals surface area (Å²) in [7, 11) is 0. The van der Waals surface area contributed by atoms with Crippen LogP contribution in [0.15, 0.2) is 36.7 Å². The molecule has 144 valence electrons. The van der Waals surface area contributed by atoms with E-state index in [1.54, 1.807) is 28.3 Å². The van der Waals surface area contributed by atoms with E-state index in [2.05, 4.69) is 9.97 Å². The summed E-state index contributed by atoms with van der Waals surface area (Å²) in [5.41, 5.74) is -0.00167. The Morgan fingerprint density at radius 3 is 2.30 bits per heavy atom. The lowest BCUT2D eigenvalue weighted by Gasteiger charge is -2.35. The van der Waals surface area contributed by atoms with Crippen LogP contribution in [0, 0.1) is 11.6 Å². The van der Waals surface area contributed by atoms with Gasteiger partial charge in [0.1, 0.15) is 11.6 Å². The molecule has 2 aromatic rings. The highest BCUT2D eigenvalue weighted by atomic mass is 19.1. The van der Waals surface area contributed by atoms with E-state index in [9.17, 15) is 13.6 Å². The van der Waals surface area contributed by atoms with E-state index in [4.69, 9.17) is 0 Å². The second-order valence-electron chi connectivity index (χ2n) is 6.42. The van der Waals surface area contributed by atoms with Crippen molar-refractivity contribution in [2.24, 2.45) is 0 Å². The summed E-state index contributed by atoms with van der Waals surface area (Å²) < 4.78 is 27.7. The van der Waals surface area contributed by atoms with Gasteiger partial charge >= 0.3 is 0 Å². The van der Waals surface area contributed by atoms with Crippen LogP contribution in [-0.2, 0) is 11.3 Å². The lowest BCUT2D eigenvalue weighted by molar-refractivity contribution is -0.132. The zero-order chi connectivity index (χ0) is 19.2. The molecule has 0 bridgehead atoms. The summed E-state index contributed by atoms with van der Waals surface area (Å²) in [6, 6.07) is 5.57. The lowest BCUT2D eigenvalue weighted by atomic mass is 10.2. The van der Waals surface area contributed by atoms with E-state index >= 15 is 0 Å². The molecule has 0 saturated carbocycles. The number of hydrogen-bond donors (Lipinski definition) is 0. The van der Waals surface area contributed by atoms with Gasteiger partial charge in [-0.1, -0.05) is 13.0 Å². The SMILES string of the molecule is CCN(CC(=O)N1CCN(c2ncccn2)CC1)Cc1c(F)cccc1F. The number of halogens is 2. The van der Waals surface area contributed by atoms with Crippen LogP contribution in [0.5, 0.6) is 0 Å². The fourth-order valence-electron chi connectivity index (χ4n) is 3.09. The topological polar surface area (TPSA) is 52.6 Å². The first-order valence-corrected chi connectivity index (χ1v) is 9.03. The van der Waals surface area contributed by atoms with E-state index < -0.39 is 11.6 Å². The van der Waals surface area contributed by atoms with Gasteiger partial charge in [-0.15, -0.1) is 0 Å². The van der Waals surface area contributed by atoms with Gasteiger partial charge in [0.25, 0.3) is 0 Å². The molecule has 1 amide bonds. The molecule has 0 aliphatic carbocycles. The first-order chi connectivity index (χ1) is 13.1. The van der Waals surface area contributed by atoms with Crippen LogP contribution in [0.2, 0.25) is 0 Å². The van der Waals surface area contributed by atoms with Gasteiger partial charge in [-0.2, -0.15) is 0 Å². The Balaban J connectivity index is 1.55. The number of rotatable bonds is 6. The van der Waals surface area contributed by atoms with Crippen LogP contribution in [0.25, 0.3) is 0 Å². The third-order valence-corrected chi connectivity index (χ3v) is 4.72. The summed E-state index contributed by atoms with van der Waals surface area (Å²) in [4.78, 5) is 26.6. The van der Waals surface area contributed by atoms with Gasteiger partial charge in [0.2, 0.25) is 11.9 Å². The number of amides is 1. The van der Waals surface area contributed by atoms with Crippen molar-refractivity contribution in [2.45, 2.75) is 13.5 Å². The Morgan fingerprint density at radius 1 is 1.07 bits per heavy atom. The summed E-state index contributed by atoms with van der Waals surface area (Å²) in [6.07, 6.45) is 3.39. The predicted octanol–water partition coefficient (Wildman–Crippen LogP) is 1.93. The van der Waals surface area contributed by atoms with E-state index in [1.807, 2.05) is 11.8 Å². The summed E-state index contributed by atoms with van der Waals surface area (Å²) in [5, 5.41) is 0. The molecule has 1 aliphatic heterocycles. The number of piperazine rings is 1. The Labute approximate surface area is 157 Å². The molecule has 3 rings (SSSR count). The summed E-state index contributed by atoms with van der Waals surface area (Å²) in [5.74, 6) is -0.549. The third kappa shape index (κ3) is 4.77. The number of carbonyl (C=O) groups excluding carboxylic acids is 1. The maximum atomic E-state index is 13.9. The van der Waals surface area contributed by atoms with Crippen molar-refractivity contribution in [3.8, 4) is 0 Å². The van der Waals surface area contributed by atoms with Crippen molar-refractivity contribution in [3.63, 3.8) is 0 Å². The largest absolute Gasteiger partial charge is 0.338 e. The van der Waals surface area contributed by atoms with Gasteiger partial charge in [-0.3, -0.25) is 9.69 Å². The Hall–Kier alpha value is -2.61. The van der Waals surface area contributed by atoms with Gasteiger partial charge in [0.15, 0.2) is 0 Å². The quantitative estimate of drug-likeness (QED) is 0.772. The van der Waals surface area contributed by atoms with Crippen LogP contribution in [0.1, 0.15) is 12.5 Å². The van der Waals surface area contributed by atoms with Gasteiger partial charge in [0.05, 0.1) is 6.54 Å². The fraction of sp³-hybridized carbons (Fsp3) is 0.421. The molecule has 1 aliphatic rings. The molecule has 1 aromatic heterocycles. The van der Waals surface area contributed by atoms with Gasteiger partial charge in [0, 0.05) is 50.7 Å². The predicted molar refractivity (Wildman–Crippen MR) is 98.1 cm³/mol. The molecule has 0 radical (unpaired) electrons. The highest BCUT2D eigenvalue weighted by molar-refractivity contribution is 5.78. The van der Waals surface area contributed by atoms with Crippen LogP contribution < -0.4 is 4.90 Å². The molecular formula is C19H23F2N5O. The zero-order valence-electron chi connectivity index (χ0n) is 15.3. The van der Waals surface area contributed by atoms with Crippen LogP contribution in [0.3, 0.4) is 0 Å². The highest BCUT2D eigenvalue weighted by Crippen LogP contribution is 2.15. The number of anilines is 1. The molecule has 6 nitrogen and oxygen atoms in total. The van der Waals surface area contributed by atoms with E-state index in [0.717, 1.165) is 0 Å². The first-order valence-electron chi connectivity index (χ1n) is 9.03. The second-order valence-corrected chi connectivity index (χ2v) is 6.42. The average molecular weight is 375 g/mol. The van der Waals surface area contributed by atoms with Crippen molar-refractivity contribution >= 4 is 11.9 Å². The molecule has 0 N–H and O–H groups in total. The Morgan fingerprint density at radius 2 is 1.70 bits per heavy atom. The maximum Gasteiger partial charge on any atom is 0.236 e. The Bertz CT molecular complexity index is 746. The number of hydrogen-bond acceptors (Lipinski definition) is 5. The normalized spacial score (nSPS) is 14.7. The van der Waals surface area contributed by atoms with Crippen molar-refractivity contribution in [1.29, 1.82) is 0 Å². The molecule has 1 saturated heterocycles. The molecule has 8 heteroatoms. The van der Waals surface area contributed by atoms with Gasteiger partial charge in [-0.25, -0.2) is 18.7 Å². The molecule has 0 atom stereocenters. The van der Waals surface area contributed by atoms with Crippen LogP contribution >= 0.6 is 0 Å². The minimum absolute atomic E-state index is 0.00167. The van der Waals surface area contributed by atoms with Crippen molar-refractivity contribution in [1.82, 2.24) is 19.8 Å². The zero-order valence-corrected chi connectivity index (χ0v) is 15.3. The van der Waals surface area contributed by atoms with Crippen LogP contribution in [0.4, 0.5) is 14.7 Å². The van der Waals surface area contributed by atoms with Crippen LogP contribution in [-0.4, -0.2) is 64.9 Å². The number of nitrogens with zero attached hydrogens (tertiary/aromatic N) is 5.